The van der Waals surface area contributed by atoms with Crippen molar-refractivity contribution in [3.63, 3.8) is 0 Å². The third kappa shape index (κ3) is 3.93. The SMILES string of the molecule is N#C[C@H](Cc1ccc(N2CCCCC2)cc1F)NC(=O)C1NC2CCC1C2. The third-order valence-electron chi connectivity index (χ3n) is 6.30. The minimum atomic E-state index is -0.714. The van der Waals surface area contributed by atoms with E-state index in [0.717, 1.165) is 50.9 Å². The number of piperidine rings is 2. The van der Waals surface area contributed by atoms with Crippen molar-refractivity contribution in [2.24, 2.45) is 5.92 Å². The number of amides is 1. The summed E-state index contributed by atoms with van der Waals surface area (Å²) in [5.41, 5.74) is 1.38. The van der Waals surface area contributed by atoms with Crippen molar-refractivity contribution in [3.8, 4) is 6.07 Å². The Kier molecular flexibility index (Phi) is 5.31. The third-order valence-corrected chi connectivity index (χ3v) is 6.30. The van der Waals surface area contributed by atoms with Crippen LogP contribution < -0.4 is 15.5 Å². The lowest BCUT2D eigenvalue weighted by atomic mass is 9.98. The van der Waals surface area contributed by atoms with Crippen LogP contribution in [0.25, 0.3) is 0 Å². The molecule has 2 bridgehead atoms. The van der Waals surface area contributed by atoms with Crippen LogP contribution in [0.5, 0.6) is 0 Å². The number of benzene rings is 1. The normalized spacial score (nSPS) is 28.0. The van der Waals surface area contributed by atoms with Gasteiger partial charge in [-0.1, -0.05) is 6.07 Å². The highest BCUT2D eigenvalue weighted by atomic mass is 19.1. The molecule has 1 saturated carbocycles. The van der Waals surface area contributed by atoms with Crippen molar-refractivity contribution in [3.05, 3.63) is 29.6 Å². The summed E-state index contributed by atoms with van der Waals surface area (Å²) in [6.45, 7) is 1.93. The number of nitrogens with one attached hydrogen (secondary N) is 2. The van der Waals surface area contributed by atoms with Crippen LogP contribution >= 0.6 is 0 Å². The van der Waals surface area contributed by atoms with Gasteiger partial charge in [0.1, 0.15) is 11.9 Å². The van der Waals surface area contributed by atoms with Crippen LogP contribution in [-0.4, -0.2) is 37.1 Å². The molecule has 4 atom stereocenters. The van der Waals surface area contributed by atoms with Gasteiger partial charge in [0.05, 0.1) is 12.1 Å². The van der Waals surface area contributed by atoms with Crippen LogP contribution in [0.4, 0.5) is 10.1 Å². The standard InChI is InChI=1S/C21H27FN4O/c22-19-12-18(26-8-2-1-3-9-26)7-5-14(19)10-17(13-23)25-21(27)20-15-4-6-16(11-15)24-20/h5,7,12,15-17,20,24H,1-4,6,8-11H2,(H,25,27)/t15?,16?,17-,20?/m0/s1. The molecule has 2 saturated heterocycles. The molecule has 1 amide bonds. The van der Waals surface area contributed by atoms with Crippen LogP contribution in [-0.2, 0) is 11.2 Å². The van der Waals surface area contributed by atoms with E-state index in [2.05, 4.69) is 21.6 Å². The van der Waals surface area contributed by atoms with Gasteiger partial charge in [-0.2, -0.15) is 5.26 Å². The molecule has 5 nitrogen and oxygen atoms in total. The molecule has 0 aromatic heterocycles. The number of fused-ring (bicyclic) bond motifs is 2. The van der Waals surface area contributed by atoms with Crippen LogP contribution in [0.1, 0.15) is 44.1 Å². The van der Waals surface area contributed by atoms with Gasteiger partial charge in [-0.15, -0.1) is 0 Å². The van der Waals surface area contributed by atoms with Gasteiger partial charge < -0.3 is 15.5 Å². The maximum atomic E-state index is 14.6. The van der Waals surface area contributed by atoms with Crippen LogP contribution in [0.2, 0.25) is 0 Å². The number of hydrogen-bond acceptors (Lipinski definition) is 4. The largest absolute Gasteiger partial charge is 0.371 e. The lowest BCUT2D eigenvalue weighted by Crippen LogP contribution is -2.50. The van der Waals surface area contributed by atoms with E-state index >= 15 is 0 Å². The first-order valence-corrected chi connectivity index (χ1v) is 10.1. The number of nitriles is 1. The summed E-state index contributed by atoms with van der Waals surface area (Å²) in [6.07, 6.45) is 6.95. The highest BCUT2D eigenvalue weighted by Gasteiger charge is 2.43. The van der Waals surface area contributed by atoms with Gasteiger partial charge in [-0.3, -0.25) is 4.79 Å². The zero-order chi connectivity index (χ0) is 18.8. The Labute approximate surface area is 159 Å². The van der Waals surface area contributed by atoms with Crippen LogP contribution in [0, 0.1) is 23.1 Å². The van der Waals surface area contributed by atoms with Gasteiger partial charge in [-0.05, 0) is 62.1 Å². The van der Waals surface area contributed by atoms with Gasteiger partial charge in [0.25, 0.3) is 0 Å². The van der Waals surface area contributed by atoms with E-state index in [1.165, 1.54) is 6.42 Å². The lowest BCUT2D eigenvalue weighted by Gasteiger charge is -2.29. The molecule has 3 aliphatic rings. The predicted octanol–water partition coefficient (Wildman–Crippen LogP) is 2.51. The molecule has 27 heavy (non-hydrogen) atoms. The molecular weight excluding hydrogens is 343 g/mol. The maximum Gasteiger partial charge on any atom is 0.238 e. The minimum Gasteiger partial charge on any atom is -0.371 e. The smallest absolute Gasteiger partial charge is 0.238 e. The van der Waals surface area contributed by atoms with Gasteiger partial charge in [-0.25, -0.2) is 4.39 Å². The molecule has 0 radical (unpaired) electrons. The topological polar surface area (TPSA) is 68.2 Å². The Morgan fingerprint density at radius 3 is 2.78 bits per heavy atom. The van der Waals surface area contributed by atoms with Crippen molar-refractivity contribution >= 4 is 11.6 Å². The van der Waals surface area contributed by atoms with Crippen LogP contribution in [0.15, 0.2) is 18.2 Å². The molecule has 0 spiro atoms. The monoisotopic (exact) mass is 370 g/mol. The van der Waals surface area contributed by atoms with Gasteiger partial charge >= 0.3 is 0 Å². The summed E-state index contributed by atoms with van der Waals surface area (Å²) in [5.74, 6) is -0.0559. The number of halogens is 1. The van der Waals surface area contributed by atoms with Gasteiger partial charge in [0.2, 0.25) is 5.91 Å². The molecule has 1 aromatic rings. The summed E-state index contributed by atoms with van der Waals surface area (Å²) in [5, 5.41) is 15.6. The Morgan fingerprint density at radius 1 is 1.33 bits per heavy atom. The average Bonchev–Trinajstić information content (AvgIpc) is 3.33. The molecule has 2 aliphatic heterocycles. The van der Waals surface area contributed by atoms with Crippen molar-refractivity contribution < 1.29 is 9.18 Å². The van der Waals surface area contributed by atoms with Gasteiger partial charge in [0.15, 0.2) is 0 Å². The summed E-state index contributed by atoms with van der Waals surface area (Å²) >= 11 is 0. The lowest BCUT2D eigenvalue weighted by molar-refractivity contribution is -0.124. The fourth-order valence-corrected chi connectivity index (χ4v) is 4.81. The first-order chi connectivity index (χ1) is 13.1. The van der Waals surface area contributed by atoms with E-state index in [-0.39, 0.29) is 24.2 Å². The number of carbonyl (C=O) groups excluding carboxylic acids is 1. The molecule has 144 valence electrons. The Bertz CT molecular complexity index is 740. The average molecular weight is 370 g/mol. The highest BCUT2D eigenvalue weighted by Crippen LogP contribution is 2.35. The zero-order valence-electron chi connectivity index (χ0n) is 15.6. The molecule has 6 heteroatoms. The second kappa shape index (κ2) is 7.85. The molecule has 4 rings (SSSR count). The molecule has 1 aromatic carbocycles. The van der Waals surface area contributed by atoms with E-state index in [9.17, 15) is 14.4 Å². The summed E-state index contributed by atoms with van der Waals surface area (Å²) in [4.78, 5) is 14.7. The van der Waals surface area contributed by atoms with Crippen molar-refractivity contribution in [2.75, 3.05) is 18.0 Å². The number of nitrogens with zero attached hydrogens (tertiary/aromatic N) is 2. The van der Waals surface area contributed by atoms with E-state index in [0.29, 0.717) is 17.5 Å². The van der Waals surface area contributed by atoms with E-state index in [1.54, 1.807) is 12.1 Å². The molecule has 3 fully saturated rings. The fraction of sp³-hybridized carbons (Fsp3) is 0.619. The first kappa shape index (κ1) is 18.2. The maximum absolute atomic E-state index is 14.6. The van der Waals surface area contributed by atoms with E-state index < -0.39 is 6.04 Å². The Hall–Kier alpha value is -2.13. The zero-order valence-corrected chi connectivity index (χ0v) is 15.6. The second-order valence-electron chi connectivity index (χ2n) is 8.13. The van der Waals surface area contributed by atoms with Gasteiger partial charge in [0, 0.05) is 31.2 Å². The quantitative estimate of drug-likeness (QED) is 0.836. The fourth-order valence-electron chi connectivity index (χ4n) is 4.81. The first-order valence-electron chi connectivity index (χ1n) is 10.1. The number of rotatable bonds is 5. The summed E-state index contributed by atoms with van der Waals surface area (Å²) < 4.78 is 14.6. The molecule has 1 aliphatic carbocycles. The highest BCUT2D eigenvalue weighted by molar-refractivity contribution is 5.83. The van der Waals surface area contributed by atoms with E-state index in [4.69, 9.17) is 0 Å². The number of hydrogen-bond donors (Lipinski definition) is 2. The van der Waals surface area contributed by atoms with Crippen molar-refractivity contribution in [2.45, 2.75) is 63.1 Å². The van der Waals surface area contributed by atoms with Crippen LogP contribution in [0.3, 0.4) is 0 Å². The van der Waals surface area contributed by atoms with Crippen molar-refractivity contribution in [1.82, 2.24) is 10.6 Å². The molecular formula is C21H27FN4O. The number of anilines is 1. The molecule has 2 heterocycles. The number of carbonyl (C=O) groups is 1. The predicted molar refractivity (Wildman–Crippen MR) is 102 cm³/mol. The minimum absolute atomic E-state index is 0.126. The van der Waals surface area contributed by atoms with E-state index in [1.807, 2.05) is 6.07 Å². The Morgan fingerprint density at radius 2 is 2.15 bits per heavy atom. The molecule has 3 unspecified atom stereocenters. The van der Waals surface area contributed by atoms with Crippen molar-refractivity contribution in [1.29, 1.82) is 5.26 Å². The Balaban J connectivity index is 1.38. The second-order valence-corrected chi connectivity index (χ2v) is 8.13. The summed E-state index contributed by atoms with van der Waals surface area (Å²) in [6, 6.07) is 6.88. The summed E-state index contributed by atoms with van der Waals surface area (Å²) in [7, 11) is 0. The molecule has 2 N–H and O–H groups in total.